The van der Waals surface area contributed by atoms with Gasteiger partial charge in [-0.15, -0.1) is 0 Å². The molecule has 1 aromatic rings. The number of aromatic nitrogens is 1. The Bertz CT molecular complexity index is 739. The van der Waals surface area contributed by atoms with Crippen molar-refractivity contribution in [3.63, 3.8) is 0 Å². The van der Waals surface area contributed by atoms with Crippen LogP contribution in [0.3, 0.4) is 0 Å². The van der Waals surface area contributed by atoms with Crippen LogP contribution in [-0.2, 0) is 9.53 Å². The molecular formula is C21H30N4O3. The van der Waals surface area contributed by atoms with Crippen molar-refractivity contribution in [2.24, 2.45) is 17.8 Å². The van der Waals surface area contributed by atoms with Crippen molar-refractivity contribution in [2.45, 2.75) is 45.4 Å². The van der Waals surface area contributed by atoms with E-state index in [4.69, 9.17) is 11.1 Å². The third-order valence-electron chi connectivity index (χ3n) is 5.68. The summed E-state index contributed by atoms with van der Waals surface area (Å²) in [6.45, 7) is 5.56. The van der Waals surface area contributed by atoms with Crippen molar-refractivity contribution >= 4 is 29.1 Å². The van der Waals surface area contributed by atoms with Crippen LogP contribution < -0.4 is 11.1 Å². The second kappa shape index (κ2) is 10.0. The van der Waals surface area contributed by atoms with Crippen LogP contribution in [0.4, 0.5) is 11.5 Å². The zero-order valence-corrected chi connectivity index (χ0v) is 16.7. The van der Waals surface area contributed by atoms with Gasteiger partial charge < -0.3 is 21.2 Å². The van der Waals surface area contributed by atoms with Crippen molar-refractivity contribution in [3.8, 4) is 0 Å². The van der Waals surface area contributed by atoms with Crippen LogP contribution in [0.2, 0.25) is 0 Å². The molecule has 1 fully saturated rings. The van der Waals surface area contributed by atoms with E-state index in [0.717, 1.165) is 38.5 Å². The molecule has 0 aliphatic heterocycles. The highest BCUT2D eigenvalue weighted by atomic mass is 16.5. The number of allylic oxidation sites excluding steroid dienone is 1. The van der Waals surface area contributed by atoms with E-state index in [-0.39, 0.29) is 23.2 Å². The predicted octanol–water partition coefficient (Wildman–Crippen LogP) is 3.82. The Labute approximate surface area is 166 Å². The molecule has 0 aromatic carbocycles. The third kappa shape index (κ3) is 5.65. The van der Waals surface area contributed by atoms with E-state index in [1.165, 1.54) is 19.4 Å². The number of carbonyl (C=O) groups is 2. The van der Waals surface area contributed by atoms with Crippen molar-refractivity contribution < 1.29 is 14.3 Å². The zero-order chi connectivity index (χ0) is 20.7. The fraction of sp³-hybridized carbons (Fsp3) is 0.524. The lowest BCUT2D eigenvalue weighted by Crippen LogP contribution is -2.30. The number of anilines is 2. The topological polar surface area (TPSA) is 118 Å². The number of carbonyl (C=O) groups excluding carboxylic acids is 2. The fourth-order valence-electron chi connectivity index (χ4n) is 3.70. The first-order chi connectivity index (χ1) is 13.3. The van der Waals surface area contributed by atoms with E-state index in [9.17, 15) is 9.59 Å². The average Bonchev–Trinajstić information content (AvgIpc) is 2.72. The van der Waals surface area contributed by atoms with Crippen LogP contribution in [-0.4, -0.2) is 29.7 Å². The molecule has 2 rings (SSSR count). The summed E-state index contributed by atoms with van der Waals surface area (Å²) in [6.07, 6.45) is 8.87. The highest BCUT2D eigenvalue weighted by molar-refractivity contribution is 5.97. The Morgan fingerprint density at radius 1 is 1.43 bits per heavy atom. The summed E-state index contributed by atoms with van der Waals surface area (Å²) in [4.78, 5) is 28.3. The Morgan fingerprint density at radius 3 is 2.71 bits per heavy atom. The average molecular weight is 386 g/mol. The molecule has 152 valence electrons. The second-order valence-electron chi connectivity index (χ2n) is 7.48. The number of ether oxygens (including phenoxy) is 1. The minimum absolute atomic E-state index is 0.118. The lowest BCUT2D eigenvalue weighted by atomic mass is 9.74. The first-order valence-corrected chi connectivity index (χ1v) is 9.70. The molecule has 0 radical (unpaired) electrons. The summed E-state index contributed by atoms with van der Waals surface area (Å²) >= 11 is 0. The van der Waals surface area contributed by atoms with Crippen molar-refractivity contribution in [2.75, 3.05) is 18.2 Å². The van der Waals surface area contributed by atoms with E-state index in [0.29, 0.717) is 23.2 Å². The molecule has 1 aromatic heterocycles. The standard InChI is InChI=1S/C21H30N4O3/c1-4-17(22)10-7-14-5-8-15(9-6-14)13(2)20(26)25-18-11-16(21(27)28-3)12-24-19(18)23/h4,11-15,22H,1,5-10H2,2-3H3,(H2,23,24)(H,25,26)/t13-,14?,15?/m1/s1. The summed E-state index contributed by atoms with van der Waals surface area (Å²) in [6, 6.07) is 1.49. The van der Waals surface area contributed by atoms with Gasteiger partial charge in [-0.25, -0.2) is 9.78 Å². The molecule has 7 nitrogen and oxygen atoms in total. The van der Waals surface area contributed by atoms with Crippen LogP contribution in [0, 0.1) is 23.2 Å². The second-order valence-corrected chi connectivity index (χ2v) is 7.48. The molecule has 1 atom stereocenters. The van der Waals surface area contributed by atoms with Crippen molar-refractivity contribution in [1.29, 1.82) is 5.41 Å². The quantitative estimate of drug-likeness (QED) is 0.464. The summed E-state index contributed by atoms with van der Waals surface area (Å²) in [5.41, 5.74) is 7.01. The lowest BCUT2D eigenvalue weighted by molar-refractivity contribution is -0.121. The molecule has 1 aliphatic rings. The Balaban J connectivity index is 1.91. The smallest absolute Gasteiger partial charge is 0.339 e. The molecule has 0 saturated heterocycles. The molecular weight excluding hydrogens is 356 g/mol. The van der Waals surface area contributed by atoms with Gasteiger partial charge in [0.15, 0.2) is 0 Å². The van der Waals surface area contributed by atoms with Crippen LogP contribution in [0.5, 0.6) is 0 Å². The number of methoxy groups -OCH3 is 1. The van der Waals surface area contributed by atoms with Gasteiger partial charge in [-0.2, -0.15) is 0 Å². The maximum absolute atomic E-state index is 12.7. The van der Waals surface area contributed by atoms with E-state index in [1.807, 2.05) is 6.92 Å². The third-order valence-corrected chi connectivity index (χ3v) is 5.68. The molecule has 1 saturated carbocycles. The molecule has 4 N–H and O–H groups in total. The summed E-state index contributed by atoms with van der Waals surface area (Å²) in [5, 5.41) is 10.5. The van der Waals surface area contributed by atoms with Crippen LogP contribution in [0.1, 0.15) is 55.8 Å². The number of nitrogens with two attached hydrogens (primary N) is 1. The van der Waals surface area contributed by atoms with E-state index >= 15 is 0 Å². The Kier molecular flexibility index (Phi) is 7.72. The fourth-order valence-corrected chi connectivity index (χ4v) is 3.70. The summed E-state index contributed by atoms with van der Waals surface area (Å²) < 4.78 is 4.68. The molecule has 7 heteroatoms. The van der Waals surface area contributed by atoms with Gasteiger partial charge in [-0.3, -0.25) is 4.79 Å². The van der Waals surface area contributed by atoms with E-state index in [1.54, 1.807) is 6.08 Å². The number of hydrogen-bond acceptors (Lipinski definition) is 6. The molecule has 0 spiro atoms. The molecule has 1 aliphatic carbocycles. The van der Waals surface area contributed by atoms with Gasteiger partial charge in [0.05, 0.1) is 18.4 Å². The first-order valence-electron chi connectivity index (χ1n) is 9.70. The van der Waals surface area contributed by atoms with Gasteiger partial charge in [0, 0.05) is 17.8 Å². The van der Waals surface area contributed by atoms with Crippen molar-refractivity contribution in [3.05, 3.63) is 30.5 Å². The SMILES string of the molecule is C=CC(=N)CCC1CCC([C@@H](C)C(=O)Nc2cc(C(=O)OC)cnc2N)CC1. The molecule has 28 heavy (non-hydrogen) atoms. The normalized spacial score (nSPS) is 20.1. The number of hydrogen-bond donors (Lipinski definition) is 3. The highest BCUT2D eigenvalue weighted by Gasteiger charge is 2.29. The van der Waals surface area contributed by atoms with Crippen LogP contribution >= 0.6 is 0 Å². The number of nitrogens with one attached hydrogen (secondary N) is 2. The van der Waals surface area contributed by atoms with Gasteiger partial charge >= 0.3 is 5.97 Å². The number of amides is 1. The number of rotatable bonds is 8. The Morgan fingerprint density at radius 2 is 2.11 bits per heavy atom. The predicted molar refractivity (Wildman–Crippen MR) is 110 cm³/mol. The maximum atomic E-state index is 12.7. The number of nitrogens with zero attached hydrogens (tertiary/aromatic N) is 1. The molecule has 1 amide bonds. The number of esters is 1. The Hall–Kier alpha value is -2.70. The largest absolute Gasteiger partial charge is 0.465 e. The van der Waals surface area contributed by atoms with Gasteiger partial charge in [0.1, 0.15) is 5.82 Å². The van der Waals surface area contributed by atoms with Gasteiger partial charge in [0.2, 0.25) is 5.91 Å². The van der Waals surface area contributed by atoms with Gasteiger partial charge in [0.25, 0.3) is 0 Å². The lowest BCUT2D eigenvalue weighted by Gasteiger charge is -2.31. The maximum Gasteiger partial charge on any atom is 0.339 e. The highest BCUT2D eigenvalue weighted by Crippen LogP contribution is 2.36. The number of nitrogen functional groups attached to an aromatic ring is 1. The zero-order valence-electron chi connectivity index (χ0n) is 16.7. The number of pyridine rings is 1. The minimum atomic E-state index is -0.529. The first kappa shape index (κ1) is 21.6. The molecule has 1 heterocycles. The van der Waals surface area contributed by atoms with Crippen molar-refractivity contribution in [1.82, 2.24) is 4.98 Å². The van der Waals surface area contributed by atoms with Gasteiger partial charge in [-0.1, -0.05) is 26.3 Å². The van der Waals surface area contributed by atoms with Gasteiger partial charge in [-0.05, 0) is 49.7 Å². The minimum Gasteiger partial charge on any atom is -0.465 e. The molecule has 0 unspecified atom stereocenters. The monoisotopic (exact) mass is 386 g/mol. The molecule has 0 bridgehead atoms. The summed E-state index contributed by atoms with van der Waals surface area (Å²) in [7, 11) is 1.29. The van der Waals surface area contributed by atoms with E-state index in [2.05, 4.69) is 21.6 Å². The van der Waals surface area contributed by atoms with Crippen LogP contribution in [0.15, 0.2) is 24.9 Å². The van der Waals surface area contributed by atoms with Crippen LogP contribution in [0.25, 0.3) is 0 Å². The van der Waals surface area contributed by atoms with E-state index < -0.39 is 5.97 Å². The summed E-state index contributed by atoms with van der Waals surface area (Å²) in [5.74, 6) is 0.290.